The van der Waals surface area contributed by atoms with Gasteiger partial charge in [-0.25, -0.2) is 4.79 Å². The molecule has 28 heavy (non-hydrogen) atoms. The normalized spacial score (nSPS) is 21.6. The second-order valence-electron chi connectivity index (χ2n) is 7.89. The number of carbonyl (C=O) groups excluding carboxylic acids is 3. The molecule has 6 heteroatoms. The zero-order valence-corrected chi connectivity index (χ0v) is 16.4. The molecule has 1 saturated heterocycles. The van der Waals surface area contributed by atoms with Crippen LogP contribution in [0.15, 0.2) is 28.7 Å². The second kappa shape index (κ2) is 6.62. The van der Waals surface area contributed by atoms with Crippen LogP contribution in [-0.4, -0.2) is 29.2 Å². The molecule has 1 unspecified atom stereocenters. The molecule has 0 spiro atoms. The number of aryl methyl sites for hydroxylation is 4. The number of amides is 3. The number of imide groups is 1. The third kappa shape index (κ3) is 2.93. The van der Waals surface area contributed by atoms with E-state index in [-0.39, 0.29) is 12.3 Å². The van der Waals surface area contributed by atoms with Crippen LogP contribution in [0.4, 0.5) is 4.79 Å². The molecule has 0 bridgehead atoms. The molecule has 1 N–H and O–H groups in total. The number of fused-ring (bicyclic) bond motifs is 1. The van der Waals surface area contributed by atoms with Crippen molar-refractivity contribution in [3.8, 4) is 0 Å². The highest BCUT2D eigenvalue weighted by molar-refractivity contribution is 6.11. The van der Waals surface area contributed by atoms with Gasteiger partial charge >= 0.3 is 6.03 Å². The predicted octanol–water partition coefficient (Wildman–Crippen LogP) is 3.43. The molecule has 6 nitrogen and oxygen atoms in total. The fourth-order valence-corrected chi connectivity index (χ4v) is 4.29. The molecule has 1 aliphatic heterocycles. The van der Waals surface area contributed by atoms with Crippen molar-refractivity contribution in [2.24, 2.45) is 0 Å². The number of hydrogen-bond donors (Lipinski definition) is 1. The Morgan fingerprint density at radius 2 is 1.86 bits per heavy atom. The number of Topliss-reactive ketones (excluding diaryl/α,β-unsaturated/α-hetero) is 1. The van der Waals surface area contributed by atoms with Crippen molar-refractivity contribution >= 4 is 17.7 Å². The number of ketones is 1. The van der Waals surface area contributed by atoms with Crippen molar-refractivity contribution in [1.29, 1.82) is 0 Å². The minimum Gasteiger partial charge on any atom is -0.466 e. The average molecular weight is 380 g/mol. The Kier molecular flexibility index (Phi) is 4.37. The van der Waals surface area contributed by atoms with E-state index in [0.29, 0.717) is 22.6 Å². The highest BCUT2D eigenvalue weighted by atomic mass is 16.3. The summed E-state index contributed by atoms with van der Waals surface area (Å²) in [5.74, 6) is 0.574. The van der Waals surface area contributed by atoms with Crippen molar-refractivity contribution < 1.29 is 18.8 Å². The van der Waals surface area contributed by atoms with Crippen molar-refractivity contribution in [3.63, 3.8) is 0 Å². The van der Waals surface area contributed by atoms with Crippen LogP contribution in [0.3, 0.4) is 0 Å². The molecule has 2 aliphatic rings. The molecule has 3 amide bonds. The van der Waals surface area contributed by atoms with E-state index in [9.17, 15) is 14.4 Å². The summed E-state index contributed by atoms with van der Waals surface area (Å²) in [7, 11) is 0. The number of urea groups is 1. The van der Waals surface area contributed by atoms with Crippen molar-refractivity contribution in [2.45, 2.75) is 52.0 Å². The highest BCUT2D eigenvalue weighted by Crippen LogP contribution is 2.33. The number of nitrogens with one attached hydrogen (secondary N) is 1. The van der Waals surface area contributed by atoms with E-state index in [1.165, 1.54) is 17.5 Å². The zero-order chi connectivity index (χ0) is 20.1. The van der Waals surface area contributed by atoms with Crippen molar-refractivity contribution in [2.75, 3.05) is 6.54 Å². The summed E-state index contributed by atoms with van der Waals surface area (Å²) in [6.45, 7) is 4.93. The first-order valence-electron chi connectivity index (χ1n) is 9.66. The summed E-state index contributed by atoms with van der Waals surface area (Å²) in [5, 5.41) is 2.73. The van der Waals surface area contributed by atoms with Gasteiger partial charge in [-0.2, -0.15) is 0 Å². The molecular weight excluding hydrogens is 356 g/mol. The fourth-order valence-electron chi connectivity index (χ4n) is 4.29. The van der Waals surface area contributed by atoms with Crippen LogP contribution in [0.2, 0.25) is 0 Å². The van der Waals surface area contributed by atoms with Gasteiger partial charge in [0.15, 0.2) is 5.78 Å². The lowest BCUT2D eigenvalue weighted by Gasteiger charge is -2.21. The standard InChI is InChI=1S/C22H24N2O4/c1-13-10-18(14(2)28-13)22(3)20(26)24(21(27)23-22)12-19(25)17-9-8-15-6-4-5-7-16(15)11-17/h8-11H,4-7,12H2,1-3H3,(H,23,27). The second-order valence-corrected chi connectivity index (χ2v) is 7.89. The quantitative estimate of drug-likeness (QED) is 0.651. The summed E-state index contributed by atoms with van der Waals surface area (Å²) in [6, 6.07) is 6.90. The molecule has 1 atom stereocenters. The lowest BCUT2D eigenvalue weighted by atomic mass is 9.89. The number of nitrogens with zero attached hydrogens (tertiary/aromatic N) is 1. The smallest absolute Gasteiger partial charge is 0.325 e. The van der Waals surface area contributed by atoms with Gasteiger partial charge in [-0.1, -0.05) is 12.1 Å². The zero-order valence-electron chi connectivity index (χ0n) is 16.4. The minimum atomic E-state index is -1.23. The number of rotatable bonds is 4. The van der Waals surface area contributed by atoms with Gasteiger partial charge in [0.1, 0.15) is 17.1 Å². The monoisotopic (exact) mass is 380 g/mol. The Hall–Kier alpha value is -2.89. The number of hydrogen-bond acceptors (Lipinski definition) is 4. The predicted molar refractivity (Wildman–Crippen MR) is 103 cm³/mol. The van der Waals surface area contributed by atoms with Gasteiger partial charge < -0.3 is 9.73 Å². The van der Waals surface area contributed by atoms with Gasteiger partial charge in [0.2, 0.25) is 0 Å². The molecule has 0 saturated carbocycles. The van der Waals surface area contributed by atoms with Crippen molar-refractivity contribution in [1.82, 2.24) is 10.2 Å². The molecule has 1 aliphatic carbocycles. The first-order valence-corrected chi connectivity index (χ1v) is 9.66. The lowest BCUT2D eigenvalue weighted by Crippen LogP contribution is -2.41. The van der Waals surface area contributed by atoms with Gasteiger partial charge in [-0.15, -0.1) is 0 Å². The third-order valence-electron chi connectivity index (χ3n) is 5.83. The Balaban J connectivity index is 1.56. The van der Waals surface area contributed by atoms with Crippen LogP contribution < -0.4 is 5.32 Å². The molecule has 0 radical (unpaired) electrons. The molecule has 4 rings (SSSR count). The van der Waals surface area contributed by atoms with E-state index in [4.69, 9.17) is 4.42 Å². The van der Waals surface area contributed by atoms with E-state index in [0.717, 1.165) is 24.2 Å². The van der Waals surface area contributed by atoms with Crippen LogP contribution in [0.1, 0.15) is 58.3 Å². The number of furan rings is 1. The van der Waals surface area contributed by atoms with E-state index >= 15 is 0 Å². The van der Waals surface area contributed by atoms with Crippen LogP contribution in [-0.2, 0) is 23.2 Å². The molecule has 146 valence electrons. The summed E-state index contributed by atoms with van der Waals surface area (Å²) in [5.41, 5.74) is 2.42. The average Bonchev–Trinajstić information content (AvgIpc) is 3.12. The van der Waals surface area contributed by atoms with E-state index in [1.807, 2.05) is 12.1 Å². The first kappa shape index (κ1) is 18.5. The van der Waals surface area contributed by atoms with Gasteiger partial charge in [0.25, 0.3) is 5.91 Å². The largest absolute Gasteiger partial charge is 0.466 e. The summed E-state index contributed by atoms with van der Waals surface area (Å²) >= 11 is 0. The van der Waals surface area contributed by atoms with Gasteiger partial charge in [-0.3, -0.25) is 14.5 Å². The summed E-state index contributed by atoms with van der Waals surface area (Å²) in [6.07, 6.45) is 4.31. The lowest BCUT2D eigenvalue weighted by molar-refractivity contribution is -0.130. The molecule has 1 fully saturated rings. The van der Waals surface area contributed by atoms with E-state index < -0.39 is 17.5 Å². The van der Waals surface area contributed by atoms with E-state index in [2.05, 4.69) is 5.32 Å². The van der Waals surface area contributed by atoms with Crippen LogP contribution >= 0.6 is 0 Å². The first-order chi connectivity index (χ1) is 13.3. The van der Waals surface area contributed by atoms with Gasteiger partial charge in [-0.05, 0) is 69.7 Å². The Bertz CT molecular complexity index is 990. The summed E-state index contributed by atoms with van der Waals surface area (Å²) < 4.78 is 5.53. The van der Waals surface area contributed by atoms with Crippen LogP contribution in [0.25, 0.3) is 0 Å². The fraction of sp³-hybridized carbons (Fsp3) is 0.409. The van der Waals surface area contributed by atoms with Crippen molar-refractivity contribution in [3.05, 3.63) is 58.0 Å². The molecule has 1 aromatic heterocycles. The summed E-state index contributed by atoms with van der Waals surface area (Å²) in [4.78, 5) is 39.4. The minimum absolute atomic E-state index is 0.235. The Labute approximate surface area is 163 Å². The van der Waals surface area contributed by atoms with Gasteiger partial charge in [0, 0.05) is 11.1 Å². The molecule has 1 aromatic carbocycles. The Morgan fingerprint density at radius 3 is 2.54 bits per heavy atom. The van der Waals surface area contributed by atoms with Crippen LogP contribution in [0, 0.1) is 13.8 Å². The molecule has 2 aromatic rings. The van der Waals surface area contributed by atoms with Gasteiger partial charge in [0.05, 0.1) is 6.54 Å². The maximum absolute atomic E-state index is 13.0. The third-order valence-corrected chi connectivity index (χ3v) is 5.83. The highest BCUT2D eigenvalue weighted by Gasteiger charge is 2.51. The van der Waals surface area contributed by atoms with E-state index in [1.54, 1.807) is 32.9 Å². The van der Waals surface area contributed by atoms with Crippen LogP contribution in [0.5, 0.6) is 0 Å². The topological polar surface area (TPSA) is 79.6 Å². The SMILES string of the molecule is Cc1cc(C2(C)NC(=O)N(CC(=O)c3ccc4c(c3)CCCC4)C2=O)c(C)o1. The molecular formula is C22H24N2O4. The molecule has 2 heterocycles. The number of carbonyl (C=O) groups is 3. The Morgan fingerprint density at radius 1 is 1.14 bits per heavy atom. The number of benzene rings is 1. The maximum Gasteiger partial charge on any atom is 0.325 e. The maximum atomic E-state index is 13.0.